The zero-order valence-corrected chi connectivity index (χ0v) is 18.9. The van der Waals surface area contributed by atoms with Crippen LogP contribution in [0.25, 0.3) is 0 Å². The number of Topliss-reactive ketones (excluding diaryl/α,β-unsaturated/α-hetero) is 1. The number of allylic oxidation sites excluding steroid dienone is 1. The Morgan fingerprint density at radius 1 is 1.09 bits per heavy atom. The van der Waals surface area contributed by atoms with Gasteiger partial charge in [0.2, 0.25) is 5.78 Å². The van der Waals surface area contributed by atoms with Crippen molar-refractivity contribution in [2.24, 2.45) is 5.92 Å². The normalized spacial score (nSPS) is 13.0. The Balaban J connectivity index is 1.70. The SMILES string of the molecule is C=CCn1c(C)cc(C(=O)COC(=O)c2ccc3c(c2)C(=O)N(CCC(C)C)C3=O)c1C. The Hall–Kier alpha value is -3.48. The number of esters is 1. The molecule has 7 heteroatoms. The average Bonchev–Trinajstić information content (AvgIpc) is 3.17. The van der Waals surface area contributed by atoms with E-state index in [4.69, 9.17) is 4.74 Å². The summed E-state index contributed by atoms with van der Waals surface area (Å²) in [5.41, 5.74) is 2.79. The molecule has 3 rings (SSSR count). The molecule has 2 aromatic rings. The number of aryl methyl sites for hydroxylation is 1. The van der Waals surface area contributed by atoms with E-state index in [9.17, 15) is 19.2 Å². The largest absolute Gasteiger partial charge is 0.454 e. The Bertz CT molecular complexity index is 1110. The van der Waals surface area contributed by atoms with Crippen LogP contribution in [0.15, 0.2) is 36.9 Å². The molecule has 0 atom stereocenters. The van der Waals surface area contributed by atoms with Crippen LogP contribution in [0.4, 0.5) is 0 Å². The summed E-state index contributed by atoms with van der Waals surface area (Å²) in [5, 5.41) is 0. The molecule has 0 radical (unpaired) electrons. The number of fused-ring (bicyclic) bond motifs is 1. The molecule has 0 unspecified atom stereocenters. The molecule has 2 amide bonds. The first-order valence-corrected chi connectivity index (χ1v) is 10.6. The molecule has 1 aliphatic heterocycles. The second-order valence-electron chi connectivity index (χ2n) is 8.39. The molecule has 0 saturated carbocycles. The predicted molar refractivity (Wildman–Crippen MR) is 120 cm³/mol. The van der Waals surface area contributed by atoms with Gasteiger partial charge < -0.3 is 9.30 Å². The van der Waals surface area contributed by atoms with E-state index in [1.165, 1.54) is 23.1 Å². The van der Waals surface area contributed by atoms with Gasteiger partial charge in [-0.15, -0.1) is 6.58 Å². The molecule has 1 aromatic heterocycles. The third-order valence-corrected chi connectivity index (χ3v) is 5.66. The molecule has 2 heterocycles. The van der Waals surface area contributed by atoms with Crippen LogP contribution >= 0.6 is 0 Å². The van der Waals surface area contributed by atoms with Crippen molar-refractivity contribution in [3.63, 3.8) is 0 Å². The van der Waals surface area contributed by atoms with E-state index in [1.807, 2.05) is 32.3 Å². The van der Waals surface area contributed by atoms with Crippen LogP contribution in [0.1, 0.15) is 73.1 Å². The highest BCUT2D eigenvalue weighted by molar-refractivity contribution is 6.22. The standard InChI is InChI=1S/C25H28N2O5/c1-6-10-26-16(4)12-20(17(26)5)22(28)14-32-25(31)18-7-8-19-21(13-18)24(30)27(23(19)29)11-9-15(2)3/h6-8,12-13,15H,1,9-11,14H2,2-5H3. The first-order valence-electron chi connectivity index (χ1n) is 10.6. The number of nitrogens with zero attached hydrogens (tertiary/aromatic N) is 2. The van der Waals surface area contributed by atoms with E-state index < -0.39 is 18.5 Å². The monoisotopic (exact) mass is 436 g/mol. The summed E-state index contributed by atoms with van der Waals surface area (Å²) in [5.74, 6) is -1.44. The van der Waals surface area contributed by atoms with Crippen LogP contribution in [0, 0.1) is 19.8 Å². The van der Waals surface area contributed by atoms with Crippen LogP contribution in [0.3, 0.4) is 0 Å². The van der Waals surface area contributed by atoms with Gasteiger partial charge in [-0.2, -0.15) is 0 Å². The minimum Gasteiger partial charge on any atom is -0.454 e. The van der Waals surface area contributed by atoms with Gasteiger partial charge in [0.1, 0.15) is 0 Å². The van der Waals surface area contributed by atoms with Gasteiger partial charge in [-0.3, -0.25) is 19.3 Å². The lowest BCUT2D eigenvalue weighted by molar-refractivity contribution is 0.0474. The minimum atomic E-state index is -0.720. The maximum atomic E-state index is 12.7. The van der Waals surface area contributed by atoms with Gasteiger partial charge in [-0.25, -0.2) is 4.79 Å². The van der Waals surface area contributed by atoms with Crippen molar-refractivity contribution in [2.45, 2.75) is 40.7 Å². The predicted octanol–water partition coefficient (Wildman–Crippen LogP) is 3.97. The van der Waals surface area contributed by atoms with Gasteiger partial charge in [0, 0.05) is 30.0 Å². The van der Waals surface area contributed by atoms with Crippen molar-refractivity contribution in [3.05, 3.63) is 70.6 Å². The van der Waals surface area contributed by atoms with Gasteiger partial charge in [-0.05, 0) is 50.5 Å². The smallest absolute Gasteiger partial charge is 0.338 e. The molecular weight excluding hydrogens is 408 g/mol. The van der Waals surface area contributed by atoms with Crippen molar-refractivity contribution in [2.75, 3.05) is 13.2 Å². The summed E-state index contributed by atoms with van der Waals surface area (Å²) < 4.78 is 7.16. The van der Waals surface area contributed by atoms with Crippen LogP contribution in [-0.4, -0.2) is 46.2 Å². The Morgan fingerprint density at radius 3 is 2.44 bits per heavy atom. The Kier molecular flexibility index (Phi) is 6.77. The number of ether oxygens (including phenoxy) is 1. The second kappa shape index (κ2) is 9.34. The highest BCUT2D eigenvalue weighted by Crippen LogP contribution is 2.25. The molecule has 0 bridgehead atoms. The molecule has 32 heavy (non-hydrogen) atoms. The number of hydrogen-bond donors (Lipinski definition) is 0. The minimum absolute atomic E-state index is 0.125. The maximum absolute atomic E-state index is 12.7. The zero-order valence-electron chi connectivity index (χ0n) is 18.9. The Labute approximate surface area is 187 Å². The molecule has 0 saturated heterocycles. The highest BCUT2D eigenvalue weighted by atomic mass is 16.5. The summed E-state index contributed by atoms with van der Waals surface area (Å²) in [6.45, 7) is 12.0. The number of aromatic nitrogens is 1. The van der Waals surface area contributed by atoms with E-state index >= 15 is 0 Å². The average molecular weight is 437 g/mol. The molecule has 1 aromatic carbocycles. The van der Waals surface area contributed by atoms with Crippen molar-refractivity contribution in [3.8, 4) is 0 Å². The molecule has 0 N–H and O–H groups in total. The van der Waals surface area contributed by atoms with Crippen LogP contribution in [-0.2, 0) is 11.3 Å². The second-order valence-corrected chi connectivity index (χ2v) is 8.39. The Morgan fingerprint density at radius 2 is 1.78 bits per heavy atom. The first-order chi connectivity index (χ1) is 15.1. The molecule has 1 aliphatic rings. The molecule has 0 fully saturated rings. The number of amides is 2. The fourth-order valence-electron chi connectivity index (χ4n) is 3.79. The topological polar surface area (TPSA) is 85.7 Å². The van der Waals surface area contributed by atoms with Crippen LogP contribution in [0.2, 0.25) is 0 Å². The van der Waals surface area contributed by atoms with Gasteiger partial charge in [-0.1, -0.05) is 19.9 Å². The summed E-state index contributed by atoms with van der Waals surface area (Å²) in [7, 11) is 0. The van der Waals surface area contributed by atoms with E-state index in [2.05, 4.69) is 6.58 Å². The fraction of sp³-hybridized carbons (Fsp3) is 0.360. The molecule has 168 valence electrons. The lowest BCUT2D eigenvalue weighted by atomic mass is 10.1. The van der Waals surface area contributed by atoms with E-state index in [0.29, 0.717) is 31.0 Å². The quantitative estimate of drug-likeness (QED) is 0.257. The van der Waals surface area contributed by atoms with Crippen molar-refractivity contribution < 1.29 is 23.9 Å². The van der Waals surface area contributed by atoms with Crippen LogP contribution < -0.4 is 0 Å². The number of hydrogen-bond acceptors (Lipinski definition) is 5. The first kappa shape index (κ1) is 23.2. The molecular formula is C25H28N2O5. The van der Waals surface area contributed by atoms with E-state index in [-0.39, 0.29) is 28.4 Å². The zero-order chi connectivity index (χ0) is 23.6. The van der Waals surface area contributed by atoms with Crippen molar-refractivity contribution in [1.29, 1.82) is 0 Å². The van der Waals surface area contributed by atoms with Crippen molar-refractivity contribution in [1.82, 2.24) is 9.47 Å². The lowest BCUT2D eigenvalue weighted by Crippen LogP contribution is -2.31. The van der Waals surface area contributed by atoms with E-state index in [1.54, 1.807) is 12.1 Å². The summed E-state index contributed by atoms with van der Waals surface area (Å²) in [6.07, 6.45) is 2.45. The van der Waals surface area contributed by atoms with E-state index in [0.717, 1.165) is 11.4 Å². The van der Waals surface area contributed by atoms with Gasteiger partial charge >= 0.3 is 5.97 Å². The maximum Gasteiger partial charge on any atom is 0.338 e. The fourth-order valence-corrected chi connectivity index (χ4v) is 3.79. The van der Waals surface area contributed by atoms with Gasteiger partial charge in [0.15, 0.2) is 6.61 Å². The van der Waals surface area contributed by atoms with Gasteiger partial charge in [0.25, 0.3) is 11.8 Å². The van der Waals surface area contributed by atoms with Gasteiger partial charge in [0.05, 0.1) is 16.7 Å². The molecule has 0 spiro atoms. The lowest BCUT2D eigenvalue weighted by Gasteiger charge is -2.14. The number of carbonyl (C=O) groups excluding carboxylic acids is 4. The summed E-state index contributed by atoms with van der Waals surface area (Å²) >= 11 is 0. The number of carbonyl (C=O) groups is 4. The number of ketones is 1. The molecule has 7 nitrogen and oxygen atoms in total. The number of imide groups is 1. The summed E-state index contributed by atoms with van der Waals surface area (Å²) in [4.78, 5) is 51.5. The third-order valence-electron chi connectivity index (χ3n) is 5.66. The molecule has 0 aliphatic carbocycles. The number of benzene rings is 1. The van der Waals surface area contributed by atoms with Crippen molar-refractivity contribution >= 4 is 23.6 Å². The summed E-state index contributed by atoms with van der Waals surface area (Å²) in [6, 6.07) is 6.04. The van der Waals surface area contributed by atoms with Crippen LogP contribution in [0.5, 0.6) is 0 Å². The highest BCUT2D eigenvalue weighted by Gasteiger charge is 2.35. The number of rotatable bonds is 9. The third kappa shape index (κ3) is 4.42.